The summed E-state index contributed by atoms with van der Waals surface area (Å²) in [5.74, 6) is 0. The van der Waals surface area contributed by atoms with Gasteiger partial charge in [0, 0.05) is 0 Å². The lowest BCUT2D eigenvalue weighted by atomic mass is 10.9. The highest BCUT2D eigenvalue weighted by Gasteiger charge is 2.29. The lowest BCUT2D eigenvalue weighted by Gasteiger charge is -2.23. The number of rotatable bonds is 5. The molecule has 0 saturated carbocycles. The van der Waals surface area contributed by atoms with Crippen molar-refractivity contribution in [3.63, 3.8) is 0 Å². The fourth-order valence-electron chi connectivity index (χ4n) is 0.520. The molecule has 74 valence electrons. The first-order chi connectivity index (χ1) is 5.37. The third-order valence-electron chi connectivity index (χ3n) is 0.780. The van der Waals surface area contributed by atoms with Crippen molar-refractivity contribution >= 4 is 16.7 Å². The molecule has 1 unspecified atom stereocenters. The molecule has 0 radical (unpaired) electrons. The predicted molar refractivity (Wildman–Crippen MR) is 49.0 cm³/mol. The maximum absolute atomic E-state index is 12.2. The fraction of sp³-hybridized carbons (Fsp3) is 1.00. The van der Waals surface area contributed by atoms with Gasteiger partial charge in [0.05, 0.1) is 6.61 Å². The van der Waals surface area contributed by atoms with Gasteiger partial charge in [-0.15, -0.1) is 0 Å². The Kier molecular flexibility index (Phi) is 5.41. The van der Waals surface area contributed by atoms with Gasteiger partial charge in [-0.05, 0) is 26.6 Å². The van der Waals surface area contributed by atoms with Crippen LogP contribution in [0.4, 0.5) is 8.78 Å². The molecule has 1 atom stereocenters. The topological polar surface area (TPSA) is 18.5 Å². The fourth-order valence-corrected chi connectivity index (χ4v) is 3.58. The number of halogens is 2. The van der Waals surface area contributed by atoms with Crippen LogP contribution >= 0.6 is 8.38 Å². The van der Waals surface area contributed by atoms with Crippen LogP contribution in [-0.2, 0) is 8.74 Å². The zero-order valence-electron chi connectivity index (χ0n) is 7.80. The summed E-state index contributed by atoms with van der Waals surface area (Å²) < 4.78 is 34.4. The zero-order chi connectivity index (χ0) is 9.78. The SMILES string of the molecule is CCOP(O[Si](C)(C)C)C(F)F. The molecule has 0 rings (SSSR count). The summed E-state index contributed by atoms with van der Waals surface area (Å²) in [5, 5.41) is 0. The van der Waals surface area contributed by atoms with E-state index in [0.717, 1.165) is 0 Å². The van der Waals surface area contributed by atoms with Crippen LogP contribution in [0.3, 0.4) is 0 Å². The summed E-state index contributed by atoms with van der Waals surface area (Å²) in [6, 6.07) is 0. The number of hydrogen-bond acceptors (Lipinski definition) is 2. The van der Waals surface area contributed by atoms with Crippen molar-refractivity contribution in [2.45, 2.75) is 32.7 Å². The molecule has 12 heavy (non-hydrogen) atoms. The van der Waals surface area contributed by atoms with Gasteiger partial charge >= 0.3 is 6.17 Å². The van der Waals surface area contributed by atoms with Gasteiger partial charge < -0.3 is 8.74 Å². The Morgan fingerprint density at radius 2 is 1.83 bits per heavy atom. The first-order valence-corrected chi connectivity index (χ1v) is 8.41. The minimum atomic E-state index is -2.49. The van der Waals surface area contributed by atoms with Gasteiger partial charge in [0.2, 0.25) is 8.38 Å². The summed E-state index contributed by atoms with van der Waals surface area (Å²) in [6.07, 6.45) is -2.49. The Balaban J connectivity index is 3.95. The van der Waals surface area contributed by atoms with Crippen LogP contribution in [0.1, 0.15) is 6.92 Å². The number of alkyl halides is 2. The third-order valence-corrected chi connectivity index (χ3v) is 4.52. The van der Waals surface area contributed by atoms with Crippen LogP contribution in [-0.4, -0.2) is 21.1 Å². The minimum Gasteiger partial charge on any atom is -0.372 e. The highest BCUT2D eigenvalue weighted by molar-refractivity contribution is 7.49. The first kappa shape index (κ1) is 12.4. The lowest BCUT2D eigenvalue weighted by molar-refractivity contribution is 0.194. The Morgan fingerprint density at radius 1 is 1.33 bits per heavy atom. The van der Waals surface area contributed by atoms with Crippen molar-refractivity contribution in [2.75, 3.05) is 6.61 Å². The molecular formula is C6H15F2O2PSi. The quantitative estimate of drug-likeness (QED) is 0.518. The Bertz CT molecular complexity index is 129. The molecule has 0 aliphatic carbocycles. The maximum Gasteiger partial charge on any atom is 0.305 e. The zero-order valence-corrected chi connectivity index (χ0v) is 9.70. The van der Waals surface area contributed by atoms with Gasteiger partial charge in [0.1, 0.15) is 0 Å². The molecule has 0 saturated heterocycles. The summed E-state index contributed by atoms with van der Waals surface area (Å²) in [4.78, 5) is 0. The van der Waals surface area contributed by atoms with Crippen molar-refractivity contribution in [3.05, 3.63) is 0 Å². The summed E-state index contributed by atoms with van der Waals surface area (Å²) in [6.45, 7) is 7.56. The van der Waals surface area contributed by atoms with Crippen LogP contribution < -0.4 is 0 Å². The monoisotopic (exact) mass is 216 g/mol. The summed E-state index contributed by atoms with van der Waals surface area (Å²) >= 11 is 0. The van der Waals surface area contributed by atoms with Gasteiger partial charge in [-0.1, -0.05) is 0 Å². The molecule has 0 spiro atoms. The van der Waals surface area contributed by atoms with Crippen LogP contribution in [0.2, 0.25) is 19.6 Å². The number of hydrogen-bond donors (Lipinski definition) is 0. The van der Waals surface area contributed by atoms with Crippen LogP contribution in [0.25, 0.3) is 0 Å². The van der Waals surface area contributed by atoms with E-state index in [1.165, 1.54) is 0 Å². The molecule has 0 bridgehead atoms. The van der Waals surface area contributed by atoms with E-state index in [-0.39, 0.29) is 6.61 Å². The second-order valence-electron chi connectivity index (χ2n) is 3.18. The lowest BCUT2D eigenvalue weighted by Crippen LogP contribution is -2.24. The van der Waals surface area contributed by atoms with Crippen LogP contribution in [0.15, 0.2) is 0 Å². The highest BCUT2D eigenvalue weighted by Crippen LogP contribution is 2.47. The molecular weight excluding hydrogens is 201 g/mol. The molecule has 0 N–H and O–H groups in total. The minimum absolute atomic E-state index is 0.278. The Morgan fingerprint density at radius 3 is 2.08 bits per heavy atom. The Labute approximate surface area is 74.3 Å². The van der Waals surface area contributed by atoms with Gasteiger partial charge in [0.15, 0.2) is 8.32 Å². The van der Waals surface area contributed by atoms with E-state index >= 15 is 0 Å². The third kappa shape index (κ3) is 6.00. The van der Waals surface area contributed by atoms with Gasteiger partial charge in [-0.3, -0.25) is 0 Å². The van der Waals surface area contributed by atoms with E-state index in [1.807, 2.05) is 19.6 Å². The van der Waals surface area contributed by atoms with E-state index in [1.54, 1.807) is 6.92 Å². The Hall–Kier alpha value is 0.427. The van der Waals surface area contributed by atoms with Crippen molar-refractivity contribution in [3.8, 4) is 0 Å². The summed E-state index contributed by atoms with van der Waals surface area (Å²) in [5.41, 5.74) is 0. The molecule has 0 heterocycles. The van der Waals surface area contributed by atoms with Crippen molar-refractivity contribution in [2.24, 2.45) is 0 Å². The molecule has 0 aliphatic heterocycles. The van der Waals surface area contributed by atoms with Crippen molar-refractivity contribution in [1.82, 2.24) is 0 Å². The summed E-state index contributed by atoms with van der Waals surface area (Å²) in [7, 11) is -3.88. The van der Waals surface area contributed by atoms with Crippen molar-refractivity contribution in [1.29, 1.82) is 0 Å². The molecule has 6 heteroatoms. The van der Waals surface area contributed by atoms with E-state index in [9.17, 15) is 8.78 Å². The average molecular weight is 216 g/mol. The molecule has 0 aromatic carbocycles. The predicted octanol–water partition coefficient (Wildman–Crippen LogP) is 3.41. The smallest absolute Gasteiger partial charge is 0.305 e. The molecule has 2 nitrogen and oxygen atoms in total. The van der Waals surface area contributed by atoms with E-state index in [2.05, 4.69) is 0 Å². The van der Waals surface area contributed by atoms with E-state index in [0.29, 0.717) is 0 Å². The van der Waals surface area contributed by atoms with Gasteiger partial charge in [0.25, 0.3) is 0 Å². The van der Waals surface area contributed by atoms with Crippen LogP contribution in [0.5, 0.6) is 0 Å². The van der Waals surface area contributed by atoms with Gasteiger partial charge in [-0.25, -0.2) is 8.78 Å². The largest absolute Gasteiger partial charge is 0.372 e. The molecule has 0 aromatic rings. The average Bonchev–Trinajstić information content (AvgIpc) is 1.83. The van der Waals surface area contributed by atoms with Gasteiger partial charge in [-0.2, -0.15) is 0 Å². The molecule has 0 fully saturated rings. The second-order valence-corrected chi connectivity index (χ2v) is 9.36. The van der Waals surface area contributed by atoms with E-state index in [4.69, 9.17) is 8.74 Å². The first-order valence-electron chi connectivity index (χ1n) is 3.76. The van der Waals surface area contributed by atoms with Crippen molar-refractivity contribution < 1.29 is 17.5 Å². The molecule has 0 aliphatic rings. The molecule has 0 amide bonds. The van der Waals surface area contributed by atoms with E-state index < -0.39 is 22.9 Å². The second kappa shape index (κ2) is 5.22. The maximum atomic E-state index is 12.2. The van der Waals surface area contributed by atoms with Crippen LogP contribution in [0, 0.1) is 0 Å². The normalized spacial score (nSPS) is 15.2. The standard InChI is InChI=1S/C6H15F2O2PSi/c1-5-9-11(6(7)8)10-12(2,3)4/h6H,5H2,1-4H3. The molecule has 0 aromatic heterocycles. The highest BCUT2D eigenvalue weighted by atomic mass is 31.2.